The predicted molar refractivity (Wildman–Crippen MR) is 97.2 cm³/mol. The minimum Gasteiger partial charge on any atom is -0.374 e. The fraction of sp³-hybridized carbons (Fsp3) is 0.500. The minimum atomic E-state index is -0.533. The number of aliphatic hydroxyl groups is 1. The number of likely N-dealkylation sites (tertiary alicyclic amines) is 1. The van der Waals surface area contributed by atoms with E-state index in [4.69, 9.17) is 11.6 Å². The van der Waals surface area contributed by atoms with E-state index in [0.717, 1.165) is 37.7 Å². The van der Waals surface area contributed by atoms with Crippen LogP contribution in [0.4, 0.5) is 5.69 Å². The Labute approximate surface area is 148 Å². The number of hydrogen-bond acceptors (Lipinski definition) is 4. The smallest absolute Gasteiger partial charge is 0.125 e. The van der Waals surface area contributed by atoms with Crippen molar-refractivity contribution in [1.82, 2.24) is 14.9 Å². The van der Waals surface area contributed by atoms with E-state index in [1.807, 2.05) is 30.5 Å². The van der Waals surface area contributed by atoms with Crippen molar-refractivity contribution in [2.24, 2.45) is 5.92 Å². The van der Waals surface area contributed by atoms with Gasteiger partial charge in [-0.2, -0.15) is 0 Å². The molecule has 1 aromatic heterocycles. The Morgan fingerprint density at radius 2 is 2.04 bits per heavy atom. The van der Waals surface area contributed by atoms with Crippen molar-refractivity contribution >= 4 is 17.3 Å². The molecular weight excluding hydrogens is 324 g/mol. The summed E-state index contributed by atoms with van der Waals surface area (Å²) in [4.78, 5) is 9.71. The van der Waals surface area contributed by atoms with E-state index in [2.05, 4.69) is 20.2 Å². The summed E-state index contributed by atoms with van der Waals surface area (Å²) in [6.07, 6.45) is 7.36. The summed E-state index contributed by atoms with van der Waals surface area (Å²) in [5.74, 6) is 0.735. The summed E-state index contributed by atoms with van der Waals surface area (Å²) < 4.78 is 0. The van der Waals surface area contributed by atoms with E-state index in [9.17, 15) is 5.11 Å². The molecule has 0 spiro atoms. The summed E-state index contributed by atoms with van der Waals surface area (Å²) in [5, 5.41) is 14.0. The van der Waals surface area contributed by atoms with Crippen LogP contribution in [0.15, 0.2) is 36.8 Å². The van der Waals surface area contributed by atoms with Crippen LogP contribution in [0.5, 0.6) is 0 Å². The highest BCUT2D eigenvalue weighted by Gasteiger charge is 2.20. The molecule has 1 atom stereocenters. The number of anilines is 1. The first-order valence-electron chi connectivity index (χ1n) is 8.59. The number of H-pyrrole nitrogens is 1. The average Bonchev–Trinajstić information content (AvgIpc) is 3.09. The van der Waals surface area contributed by atoms with Crippen LogP contribution in [-0.4, -0.2) is 45.8 Å². The van der Waals surface area contributed by atoms with E-state index in [1.165, 1.54) is 18.5 Å². The van der Waals surface area contributed by atoms with Crippen LogP contribution in [0, 0.1) is 5.92 Å². The predicted octanol–water partition coefficient (Wildman–Crippen LogP) is 3.14. The largest absolute Gasteiger partial charge is 0.374 e. The second kappa shape index (κ2) is 8.51. The van der Waals surface area contributed by atoms with Crippen LogP contribution in [0.25, 0.3) is 0 Å². The van der Waals surface area contributed by atoms with Gasteiger partial charge in [-0.05, 0) is 62.5 Å². The molecule has 1 fully saturated rings. The second-order valence-electron chi connectivity index (χ2n) is 6.52. The van der Waals surface area contributed by atoms with Crippen LogP contribution in [0.2, 0.25) is 5.02 Å². The van der Waals surface area contributed by atoms with Crippen LogP contribution in [0.1, 0.15) is 25.0 Å². The number of rotatable bonds is 7. The number of imidazole rings is 1. The fourth-order valence-corrected chi connectivity index (χ4v) is 3.36. The number of aromatic nitrogens is 2. The Bertz CT molecular complexity index is 594. The first-order valence-corrected chi connectivity index (χ1v) is 8.96. The van der Waals surface area contributed by atoms with Gasteiger partial charge in [-0.1, -0.05) is 11.6 Å². The molecule has 0 amide bonds. The third kappa shape index (κ3) is 5.23. The lowest BCUT2D eigenvalue weighted by molar-refractivity contribution is 0.137. The summed E-state index contributed by atoms with van der Waals surface area (Å²) >= 11 is 5.86. The molecule has 1 aromatic carbocycles. The Balaban J connectivity index is 1.34. The van der Waals surface area contributed by atoms with Crippen LogP contribution in [0.3, 0.4) is 0 Å². The van der Waals surface area contributed by atoms with Crippen molar-refractivity contribution in [3.8, 4) is 0 Å². The highest BCUT2D eigenvalue weighted by Crippen LogP contribution is 2.21. The lowest BCUT2D eigenvalue weighted by Gasteiger charge is -2.32. The maximum atomic E-state index is 10.1. The molecule has 6 heteroatoms. The number of nitrogens with zero attached hydrogens (tertiary/aromatic N) is 2. The Hall–Kier alpha value is -1.56. The zero-order chi connectivity index (χ0) is 16.8. The molecule has 130 valence electrons. The Morgan fingerprint density at radius 1 is 1.29 bits per heavy atom. The van der Waals surface area contributed by atoms with Gasteiger partial charge < -0.3 is 20.3 Å². The van der Waals surface area contributed by atoms with E-state index in [0.29, 0.717) is 11.4 Å². The molecule has 0 saturated carbocycles. The van der Waals surface area contributed by atoms with Gasteiger partial charge in [0.25, 0.3) is 0 Å². The average molecular weight is 349 g/mol. The van der Waals surface area contributed by atoms with Crippen LogP contribution < -0.4 is 5.32 Å². The lowest BCUT2D eigenvalue weighted by atomic mass is 9.92. The highest BCUT2D eigenvalue weighted by molar-refractivity contribution is 6.30. The van der Waals surface area contributed by atoms with Gasteiger partial charge in [0.2, 0.25) is 0 Å². The molecule has 0 bridgehead atoms. The molecule has 5 nitrogen and oxygen atoms in total. The van der Waals surface area contributed by atoms with Crippen molar-refractivity contribution in [1.29, 1.82) is 0 Å². The molecule has 1 saturated heterocycles. The van der Waals surface area contributed by atoms with E-state index < -0.39 is 6.23 Å². The van der Waals surface area contributed by atoms with Gasteiger partial charge in [0, 0.05) is 35.6 Å². The topological polar surface area (TPSA) is 64.2 Å². The van der Waals surface area contributed by atoms with Crippen molar-refractivity contribution in [3.63, 3.8) is 0 Å². The SMILES string of the molecule is OC(CCN1CCC(Cc2cnc[nH]2)CC1)Nc1ccc(Cl)cc1. The van der Waals surface area contributed by atoms with Gasteiger partial charge >= 0.3 is 0 Å². The maximum absolute atomic E-state index is 10.1. The quantitative estimate of drug-likeness (QED) is 0.673. The van der Waals surface area contributed by atoms with Crippen LogP contribution in [-0.2, 0) is 6.42 Å². The summed E-state index contributed by atoms with van der Waals surface area (Å²) in [6, 6.07) is 7.40. The number of piperidine rings is 1. The highest BCUT2D eigenvalue weighted by atomic mass is 35.5. The maximum Gasteiger partial charge on any atom is 0.125 e. The van der Waals surface area contributed by atoms with E-state index in [-0.39, 0.29) is 0 Å². The van der Waals surface area contributed by atoms with Gasteiger partial charge in [-0.3, -0.25) is 0 Å². The first kappa shape index (κ1) is 17.3. The zero-order valence-corrected chi connectivity index (χ0v) is 14.5. The standard InChI is InChI=1S/C18H25ClN4O/c19-15-1-3-16(4-2-15)22-18(24)7-10-23-8-5-14(6-9-23)11-17-12-20-13-21-17/h1-4,12-14,18,22,24H,5-11H2,(H,20,21). The molecular formula is C18H25ClN4O. The molecule has 1 unspecified atom stereocenters. The van der Waals surface area contributed by atoms with Crippen molar-refractivity contribution < 1.29 is 5.11 Å². The van der Waals surface area contributed by atoms with Gasteiger partial charge in [-0.15, -0.1) is 0 Å². The van der Waals surface area contributed by atoms with E-state index >= 15 is 0 Å². The molecule has 2 heterocycles. The number of halogens is 1. The van der Waals surface area contributed by atoms with Gasteiger partial charge in [0.15, 0.2) is 0 Å². The second-order valence-corrected chi connectivity index (χ2v) is 6.96. The zero-order valence-electron chi connectivity index (χ0n) is 13.8. The molecule has 0 aliphatic carbocycles. The summed E-state index contributed by atoms with van der Waals surface area (Å²) in [5.41, 5.74) is 2.13. The summed E-state index contributed by atoms with van der Waals surface area (Å²) in [7, 11) is 0. The van der Waals surface area contributed by atoms with Crippen molar-refractivity contribution in [2.75, 3.05) is 25.0 Å². The van der Waals surface area contributed by atoms with E-state index in [1.54, 1.807) is 6.33 Å². The molecule has 1 aliphatic rings. The number of aromatic amines is 1. The monoisotopic (exact) mass is 348 g/mol. The van der Waals surface area contributed by atoms with Gasteiger partial charge in [0.05, 0.1) is 6.33 Å². The fourth-order valence-electron chi connectivity index (χ4n) is 3.24. The molecule has 0 radical (unpaired) electrons. The lowest BCUT2D eigenvalue weighted by Crippen LogP contribution is -2.37. The number of aliphatic hydroxyl groups excluding tert-OH is 1. The molecule has 3 N–H and O–H groups in total. The van der Waals surface area contributed by atoms with Crippen LogP contribution >= 0.6 is 11.6 Å². The molecule has 1 aliphatic heterocycles. The normalized spacial score (nSPS) is 17.8. The third-order valence-electron chi connectivity index (χ3n) is 4.67. The third-order valence-corrected chi connectivity index (χ3v) is 4.92. The first-order chi connectivity index (χ1) is 11.7. The van der Waals surface area contributed by atoms with Crippen molar-refractivity contribution in [2.45, 2.75) is 31.9 Å². The van der Waals surface area contributed by atoms with Crippen molar-refractivity contribution in [3.05, 3.63) is 47.5 Å². The Morgan fingerprint density at radius 3 is 2.71 bits per heavy atom. The Kier molecular flexibility index (Phi) is 6.12. The number of hydrogen-bond donors (Lipinski definition) is 3. The van der Waals surface area contributed by atoms with Gasteiger partial charge in [0.1, 0.15) is 6.23 Å². The minimum absolute atomic E-state index is 0.533. The molecule has 3 rings (SSSR count). The van der Waals surface area contributed by atoms with Gasteiger partial charge in [-0.25, -0.2) is 4.98 Å². The summed E-state index contributed by atoms with van der Waals surface area (Å²) in [6.45, 7) is 3.12. The molecule has 2 aromatic rings. The molecule has 24 heavy (non-hydrogen) atoms. The number of nitrogens with one attached hydrogen (secondary N) is 2. The number of benzene rings is 1.